The number of nitrogens with two attached hydrogens (primary N) is 1. The van der Waals surface area contributed by atoms with E-state index in [0.717, 1.165) is 5.92 Å². The third-order valence-corrected chi connectivity index (χ3v) is 3.69. The van der Waals surface area contributed by atoms with Crippen molar-refractivity contribution in [3.8, 4) is 0 Å². The molecule has 0 radical (unpaired) electrons. The molecule has 0 heterocycles. The fourth-order valence-corrected chi connectivity index (χ4v) is 2.19. The Bertz CT molecular complexity index is 173. The molecule has 0 amide bonds. The third-order valence-electron chi connectivity index (χ3n) is 3.69. The van der Waals surface area contributed by atoms with Crippen LogP contribution in [-0.4, -0.2) is 18.1 Å². The highest BCUT2D eigenvalue weighted by Crippen LogP contribution is 2.31. The van der Waals surface area contributed by atoms with E-state index in [1.807, 2.05) is 0 Å². The summed E-state index contributed by atoms with van der Waals surface area (Å²) in [7, 11) is 0. The van der Waals surface area contributed by atoms with E-state index in [1.54, 1.807) is 0 Å². The maximum Gasteiger partial charge on any atom is 0.0153 e. The SMILES string of the molecule is CC(N)CCCC(C)CNC1(C)CCC1. The van der Waals surface area contributed by atoms with Crippen LogP contribution in [0.25, 0.3) is 0 Å². The molecule has 90 valence electrons. The van der Waals surface area contributed by atoms with Gasteiger partial charge in [0.15, 0.2) is 0 Å². The van der Waals surface area contributed by atoms with Crippen LogP contribution in [0.15, 0.2) is 0 Å². The molecule has 0 aromatic rings. The van der Waals surface area contributed by atoms with Crippen molar-refractivity contribution < 1.29 is 0 Å². The molecule has 0 bridgehead atoms. The summed E-state index contributed by atoms with van der Waals surface area (Å²) in [5, 5.41) is 3.70. The number of rotatable bonds is 7. The lowest BCUT2D eigenvalue weighted by Gasteiger charge is -2.40. The number of hydrogen-bond donors (Lipinski definition) is 2. The Morgan fingerprint density at radius 1 is 1.27 bits per heavy atom. The first-order valence-electron chi connectivity index (χ1n) is 6.52. The molecule has 0 aliphatic heterocycles. The Hall–Kier alpha value is -0.0800. The van der Waals surface area contributed by atoms with Crippen LogP contribution >= 0.6 is 0 Å². The Labute approximate surface area is 95.0 Å². The van der Waals surface area contributed by atoms with Crippen LogP contribution < -0.4 is 11.1 Å². The Kier molecular flexibility index (Phi) is 5.07. The van der Waals surface area contributed by atoms with E-state index >= 15 is 0 Å². The topological polar surface area (TPSA) is 38.0 Å². The lowest BCUT2D eigenvalue weighted by Crippen LogP contribution is -2.49. The summed E-state index contributed by atoms with van der Waals surface area (Å²) in [5.41, 5.74) is 6.20. The summed E-state index contributed by atoms with van der Waals surface area (Å²) in [4.78, 5) is 0. The first kappa shape index (κ1) is 13.0. The largest absolute Gasteiger partial charge is 0.328 e. The Morgan fingerprint density at radius 3 is 2.40 bits per heavy atom. The first-order chi connectivity index (χ1) is 7.02. The van der Waals surface area contributed by atoms with Gasteiger partial charge in [0, 0.05) is 11.6 Å². The fraction of sp³-hybridized carbons (Fsp3) is 1.00. The highest BCUT2D eigenvalue weighted by molar-refractivity contribution is 4.91. The van der Waals surface area contributed by atoms with Gasteiger partial charge in [0.25, 0.3) is 0 Å². The molecule has 2 nitrogen and oxygen atoms in total. The van der Waals surface area contributed by atoms with Crippen LogP contribution in [0.3, 0.4) is 0 Å². The van der Waals surface area contributed by atoms with Gasteiger partial charge in [-0.3, -0.25) is 0 Å². The highest BCUT2D eigenvalue weighted by atomic mass is 15.0. The van der Waals surface area contributed by atoms with Gasteiger partial charge in [-0.25, -0.2) is 0 Å². The van der Waals surface area contributed by atoms with Gasteiger partial charge in [-0.05, 0) is 58.4 Å². The second kappa shape index (κ2) is 5.86. The summed E-state index contributed by atoms with van der Waals surface area (Å²) < 4.78 is 0. The molecule has 0 spiro atoms. The van der Waals surface area contributed by atoms with Gasteiger partial charge in [-0.1, -0.05) is 13.3 Å². The zero-order chi connectivity index (χ0) is 11.3. The summed E-state index contributed by atoms with van der Waals surface area (Å²) in [5.74, 6) is 0.793. The third kappa shape index (κ3) is 4.98. The molecule has 2 unspecified atom stereocenters. The first-order valence-corrected chi connectivity index (χ1v) is 6.52. The predicted molar refractivity (Wildman–Crippen MR) is 66.9 cm³/mol. The van der Waals surface area contributed by atoms with Gasteiger partial charge in [0.1, 0.15) is 0 Å². The Morgan fingerprint density at radius 2 is 1.93 bits per heavy atom. The summed E-state index contributed by atoms with van der Waals surface area (Å²) in [6.07, 6.45) is 7.88. The average molecular weight is 212 g/mol. The maximum atomic E-state index is 5.74. The van der Waals surface area contributed by atoms with Crippen LogP contribution in [-0.2, 0) is 0 Å². The Balaban J connectivity index is 2.00. The summed E-state index contributed by atoms with van der Waals surface area (Å²) in [6.45, 7) is 7.97. The average Bonchev–Trinajstić information content (AvgIpc) is 2.11. The van der Waals surface area contributed by atoms with E-state index in [2.05, 4.69) is 26.1 Å². The van der Waals surface area contributed by atoms with E-state index in [9.17, 15) is 0 Å². The van der Waals surface area contributed by atoms with E-state index in [4.69, 9.17) is 5.73 Å². The predicted octanol–water partition coefficient (Wildman–Crippen LogP) is 2.67. The fourth-order valence-electron chi connectivity index (χ4n) is 2.19. The van der Waals surface area contributed by atoms with Crippen molar-refractivity contribution in [2.75, 3.05) is 6.54 Å². The molecule has 1 aliphatic rings. The second-order valence-electron chi connectivity index (χ2n) is 5.81. The van der Waals surface area contributed by atoms with Crippen molar-refractivity contribution in [3.63, 3.8) is 0 Å². The van der Waals surface area contributed by atoms with Crippen molar-refractivity contribution in [1.82, 2.24) is 5.32 Å². The van der Waals surface area contributed by atoms with Crippen LogP contribution in [0.2, 0.25) is 0 Å². The quantitative estimate of drug-likeness (QED) is 0.681. The molecule has 0 aromatic heterocycles. The van der Waals surface area contributed by atoms with Gasteiger partial charge in [-0.2, -0.15) is 0 Å². The van der Waals surface area contributed by atoms with E-state index in [-0.39, 0.29) is 0 Å². The van der Waals surface area contributed by atoms with E-state index in [0.29, 0.717) is 11.6 Å². The zero-order valence-electron chi connectivity index (χ0n) is 10.7. The van der Waals surface area contributed by atoms with Gasteiger partial charge in [-0.15, -0.1) is 0 Å². The van der Waals surface area contributed by atoms with Crippen molar-refractivity contribution in [1.29, 1.82) is 0 Å². The van der Waals surface area contributed by atoms with Crippen molar-refractivity contribution >= 4 is 0 Å². The lowest BCUT2D eigenvalue weighted by atomic mass is 9.78. The molecule has 1 rings (SSSR count). The van der Waals surface area contributed by atoms with Crippen LogP contribution in [0.4, 0.5) is 0 Å². The van der Waals surface area contributed by atoms with Crippen LogP contribution in [0, 0.1) is 5.92 Å². The molecule has 3 N–H and O–H groups in total. The monoisotopic (exact) mass is 212 g/mol. The molecule has 0 saturated heterocycles. The van der Waals surface area contributed by atoms with Gasteiger partial charge >= 0.3 is 0 Å². The minimum atomic E-state index is 0.370. The molecule has 2 atom stereocenters. The normalized spacial score (nSPS) is 23.2. The zero-order valence-corrected chi connectivity index (χ0v) is 10.7. The van der Waals surface area contributed by atoms with Crippen molar-refractivity contribution in [2.24, 2.45) is 11.7 Å². The number of nitrogens with one attached hydrogen (secondary N) is 1. The van der Waals surface area contributed by atoms with Crippen LogP contribution in [0.5, 0.6) is 0 Å². The molecular formula is C13H28N2. The van der Waals surface area contributed by atoms with Gasteiger partial charge in [0.2, 0.25) is 0 Å². The molecule has 1 saturated carbocycles. The minimum Gasteiger partial charge on any atom is -0.328 e. The smallest absolute Gasteiger partial charge is 0.0153 e. The molecule has 1 fully saturated rings. The van der Waals surface area contributed by atoms with Crippen LogP contribution in [0.1, 0.15) is 59.3 Å². The van der Waals surface area contributed by atoms with E-state index < -0.39 is 0 Å². The van der Waals surface area contributed by atoms with E-state index in [1.165, 1.54) is 45.1 Å². The summed E-state index contributed by atoms with van der Waals surface area (Å²) >= 11 is 0. The molecular weight excluding hydrogens is 184 g/mol. The van der Waals surface area contributed by atoms with Gasteiger partial charge < -0.3 is 11.1 Å². The molecule has 1 aliphatic carbocycles. The lowest BCUT2D eigenvalue weighted by molar-refractivity contribution is 0.197. The minimum absolute atomic E-state index is 0.370. The maximum absolute atomic E-state index is 5.74. The standard InChI is InChI=1S/C13H28N2/c1-11(6-4-7-12(2)14)10-15-13(3)8-5-9-13/h11-12,15H,4-10,14H2,1-3H3. The number of hydrogen-bond acceptors (Lipinski definition) is 2. The summed E-state index contributed by atoms with van der Waals surface area (Å²) in [6, 6.07) is 0.370. The molecule has 15 heavy (non-hydrogen) atoms. The highest BCUT2D eigenvalue weighted by Gasteiger charge is 2.30. The van der Waals surface area contributed by atoms with Gasteiger partial charge in [0.05, 0.1) is 0 Å². The molecule has 2 heteroatoms. The van der Waals surface area contributed by atoms with Crippen molar-refractivity contribution in [2.45, 2.75) is 70.9 Å². The molecule has 0 aromatic carbocycles. The second-order valence-corrected chi connectivity index (χ2v) is 5.81. The van der Waals surface area contributed by atoms with Crippen molar-refractivity contribution in [3.05, 3.63) is 0 Å².